The molecule has 0 spiro atoms. The summed E-state index contributed by atoms with van der Waals surface area (Å²) in [5.41, 5.74) is -0.999. The van der Waals surface area contributed by atoms with Crippen LogP contribution in [0.15, 0.2) is 11.6 Å². The fourth-order valence-corrected chi connectivity index (χ4v) is 4.81. The van der Waals surface area contributed by atoms with E-state index in [1.807, 2.05) is 19.2 Å². The minimum atomic E-state index is -0.999. The van der Waals surface area contributed by atoms with Crippen molar-refractivity contribution in [3.63, 3.8) is 0 Å². The molecule has 2 aliphatic rings. The zero-order valence-corrected chi connectivity index (χ0v) is 13.0. The molecule has 1 saturated heterocycles. The zero-order chi connectivity index (χ0) is 15.2. The lowest BCUT2D eigenvalue weighted by Crippen LogP contribution is -2.53. The first-order valence-electron chi connectivity index (χ1n) is 7.39. The third-order valence-electron chi connectivity index (χ3n) is 4.74. The number of aromatic nitrogens is 1. The number of carboxylic acid groups (broad SMARTS) is 1. The van der Waals surface area contributed by atoms with E-state index in [0.717, 1.165) is 5.01 Å². The first-order valence-corrected chi connectivity index (χ1v) is 8.27. The molecule has 114 valence electrons. The predicted octanol–water partition coefficient (Wildman–Crippen LogP) is 2.25. The van der Waals surface area contributed by atoms with Crippen molar-refractivity contribution in [1.29, 1.82) is 0 Å². The van der Waals surface area contributed by atoms with Crippen molar-refractivity contribution >= 4 is 23.1 Å². The quantitative estimate of drug-likeness (QED) is 0.892. The highest BCUT2D eigenvalue weighted by Gasteiger charge is 2.62. The van der Waals surface area contributed by atoms with Crippen LogP contribution < -0.4 is 5.32 Å². The molecule has 6 heteroatoms. The molecule has 5 nitrogen and oxygen atoms in total. The van der Waals surface area contributed by atoms with Gasteiger partial charge in [-0.3, -0.25) is 14.9 Å². The fourth-order valence-electron chi connectivity index (χ4n) is 4.08. The van der Waals surface area contributed by atoms with Gasteiger partial charge in [-0.05, 0) is 24.7 Å². The predicted molar refractivity (Wildman–Crippen MR) is 79.0 cm³/mol. The van der Waals surface area contributed by atoms with Crippen LogP contribution in [0.3, 0.4) is 0 Å². The number of carbonyl (C=O) groups excluding carboxylic acids is 1. The average Bonchev–Trinajstić information content (AvgIpc) is 3.08. The van der Waals surface area contributed by atoms with Crippen molar-refractivity contribution in [2.75, 3.05) is 0 Å². The summed E-state index contributed by atoms with van der Waals surface area (Å²) in [4.78, 5) is 28.6. The summed E-state index contributed by atoms with van der Waals surface area (Å²) >= 11 is 1.48. The summed E-state index contributed by atoms with van der Waals surface area (Å²) in [5, 5.41) is 15.9. The Labute approximate surface area is 127 Å². The van der Waals surface area contributed by atoms with E-state index < -0.39 is 11.5 Å². The first-order chi connectivity index (χ1) is 9.95. The van der Waals surface area contributed by atoms with Gasteiger partial charge in [0.15, 0.2) is 0 Å². The number of aliphatic carboxylic acids is 1. The largest absolute Gasteiger partial charge is 0.480 e. The molecule has 2 heterocycles. The number of thiazole rings is 1. The van der Waals surface area contributed by atoms with Crippen LogP contribution in [0.5, 0.6) is 0 Å². The number of fused-ring (bicyclic) bond motifs is 1. The molecule has 1 aromatic heterocycles. The number of Topliss-reactive ketones (excluding diaryl/α,β-unsaturated/α-hetero) is 1. The fraction of sp³-hybridized carbons (Fsp3) is 0.667. The number of nitrogens with one attached hydrogen (secondary N) is 1. The van der Waals surface area contributed by atoms with Crippen molar-refractivity contribution in [3.05, 3.63) is 16.6 Å². The second-order valence-electron chi connectivity index (χ2n) is 6.50. The minimum absolute atomic E-state index is 0.126. The summed E-state index contributed by atoms with van der Waals surface area (Å²) in [5.74, 6) is -0.774. The van der Waals surface area contributed by atoms with Crippen LogP contribution in [0.4, 0.5) is 0 Å². The number of hydrogen-bond acceptors (Lipinski definition) is 5. The van der Waals surface area contributed by atoms with Gasteiger partial charge in [0.25, 0.3) is 0 Å². The summed E-state index contributed by atoms with van der Waals surface area (Å²) < 4.78 is 0. The number of nitrogens with zero attached hydrogens (tertiary/aromatic N) is 1. The molecular weight excluding hydrogens is 288 g/mol. The highest BCUT2D eigenvalue weighted by molar-refractivity contribution is 7.09. The molecule has 0 unspecified atom stereocenters. The lowest BCUT2D eigenvalue weighted by Gasteiger charge is -2.32. The Kier molecular flexibility index (Phi) is 3.61. The Bertz CT molecular complexity index is 557. The Hall–Kier alpha value is -1.27. The van der Waals surface area contributed by atoms with Crippen LogP contribution in [0.1, 0.15) is 44.2 Å². The lowest BCUT2D eigenvalue weighted by atomic mass is 9.76. The monoisotopic (exact) mass is 308 g/mol. The van der Waals surface area contributed by atoms with Gasteiger partial charge in [0.2, 0.25) is 0 Å². The van der Waals surface area contributed by atoms with Crippen molar-refractivity contribution in [2.45, 2.75) is 44.7 Å². The van der Waals surface area contributed by atoms with E-state index in [1.165, 1.54) is 11.3 Å². The average molecular weight is 308 g/mol. The maximum atomic E-state index is 12.3. The molecule has 0 aromatic carbocycles. The van der Waals surface area contributed by atoms with E-state index in [4.69, 9.17) is 0 Å². The van der Waals surface area contributed by atoms with Gasteiger partial charge < -0.3 is 5.11 Å². The summed E-state index contributed by atoms with van der Waals surface area (Å²) in [6, 6.07) is -0.250. The molecule has 0 bridgehead atoms. The Balaban J connectivity index is 2.03. The third-order valence-corrected chi connectivity index (χ3v) is 5.60. The van der Waals surface area contributed by atoms with E-state index in [9.17, 15) is 14.7 Å². The molecule has 1 aliphatic carbocycles. The minimum Gasteiger partial charge on any atom is -0.480 e. The summed E-state index contributed by atoms with van der Waals surface area (Å²) in [6.07, 6.45) is 3.40. The van der Waals surface area contributed by atoms with Crippen LogP contribution >= 0.6 is 11.3 Å². The van der Waals surface area contributed by atoms with E-state index in [2.05, 4.69) is 10.3 Å². The van der Waals surface area contributed by atoms with Crippen LogP contribution in [0.25, 0.3) is 0 Å². The van der Waals surface area contributed by atoms with E-state index >= 15 is 0 Å². The molecule has 21 heavy (non-hydrogen) atoms. The molecule has 3 rings (SSSR count). The molecule has 0 amide bonds. The number of ketones is 1. The summed E-state index contributed by atoms with van der Waals surface area (Å²) in [6.45, 7) is 4.05. The van der Waals surface area contributed by atoms with Gasteiger partial charge in [-0.2, -0.15) is 0 Å². The maximum Gasteiger partial charge on any atom is 0.324 e. The molecular formula is C15H20N2O3S. The van der Waals surface area contributed by atoms with Gasteiger partial charge in [0.1, 0.15) is 16.3 Å². The van der Waals surface area contributed by atoms with Crippen LogP contribution in [0.2, 0.25) is 0 Å². The van der Waals surface area contributed by atoms with Gasteiger partial charge in [-0.25, -0.2) is 4.98 Å². The highest BCUT2D eigenvalue weighted by Crippen LogP contribution is 2.52. The van der Waals surface area contributed by atoms with Crippen LogP contribution in [-0.4, -0.2) is 27.4 Å². The maximum absolute atomic E-state index is 12.3. The van der Waals surface area contributed by atoms with Crippen molar-refractivity contribution in [1.82, 2.24) is 10.3 Å². The molecule has 2 N–H and O–H groups in total. The van der Waals surface area contributed by atoms with E-state index in [-0.39, 0.29) is 29.6 Å². The molecule has 0 radical (unpaired) electrons. The molecule has 1 saturated carbocycles. The first kappa shape index (κ1) is 14.7. The lowest BCUT2D eigenvalue weighted by molar-refractivity contribution is -0.147. The summed E-state index contributed by atoms with van der Waals surface area (Å²) in [7, 11) is 0. The Morgan fingerprint density at radius 1 is 1.62 bits per heavy atom. The van der Waals surface area contributed by atoms with Crippen molar-refractivity contribution < 1.29 is 14.7 Å². The number of rotatable bonds is 4. The van der Waals surface area contributed by atoms with Gasteiger partial charge >= 0.3 is 5.97 Å². The van der Waals surface area contributed by atoms with Gasteiger partial charge in [0, 0.05) is 23.9 Å². The SMILES string of the molecule is CC(C)C[C@]1(C(=O)O)N[C@@H](c2nccs2)[C@H]2C(=O)CC[C@H]21. The van der Waals surface area contributed by atoms with Gasteiger partial charge in [-0.1, -0.05) is 13.8 Å². The van der Waals surface area contributed by atoms with Crippen LogP contribution in [0, 0.1) is 17.8 Å². The Morgan fingerprint density at radius 3 is 2.95 bits per heavy atom. The van der Waals surface area contributed by atoms with Gasteiger partial charge in [-0.15, -0.1) is 11.3 Å². The molecule has 2 fully saturated rings. The standard InChI is InChI=1S/C15H20N2O3S/c1-8(2)7-15(14(19)20)9-3-4-10(18)11(9)12(17-15)13-16-5-6-21-13/h5-6,8-9,11-12,17H,3-4,7H2,1-2H3,(H,19,20)/t9-,11-,12-,15+/m1/s1. The van der Waals surface area contributed by atoms with Gasteiger partial charge in [0.05, 0.1) is 6.04 Å². The number of hydrogen-bond donors (Lipinski definition) is 2. The Morgan fingerprint density at radius 2 is 2.38 bits per heavy atom. The van der Waals surface area contributed by atoms with E-state index in [0.29, 0.717) is 19.3 Å². The highest BCUT2D eigenvalue weighted by atomic mass is 32.1. The topological polar surface area (TPSA) is 79.3 Å². The van der Waals surface area contributed by atoms with Crippen molar-refractivity contribution in [3.8, 4) is 0 Å². The smallest absolute Gasteiger partial charge is 0.324 e. The molecule has 4 atom stereocenters. The van der Waals surface area contributed by atoms with Crippen LogP contribution in [-0.2, 0) is 9.59 Å². The third kappa shape index (κ3) is 2.21. The van der Waals surface area contributed by atoms with Crippen molar-refractivity contribution in [2.24, 2.45) is 17.8 Å². The second-order valence-corrected chi connectivity index (χ2v) is 7.43. The molecule has 1 aromatic rings. The number of carbonyl (C=O) groups is 2. The molecule has 1 aliphatic heterocycles. The second kappa shape index (κ2) is 5.18. The number of carboxylic acids is 1. The zero-order valence-electron chi connectivity index (χ0n) is 12.2. The normalized spacial score (nSPS) is 35.4. The van der Waals surface area contributed by atoms with E-state index in [1.54, 1.807) is 6.20 Å².